The van der Waals surface area contributed by atoms with Gasteiger partial charge in [0.15, 0.2) is 0 Å². The van der Waals surface area contributed by atoms with Gasteiger partial charge in [-0.1, -0.05) is 16.8 Å². The lowest BCUT2D eigenvalue weighted by Crippen LogP contribution is -2.01. The van der Waals surface area contributed by atoms with Gasteiger partial charge in [0.2, 0.25) is 0 Å². The van der Waals surface area contributed by atoms with Crippen molar-refractivity contribution in [1.82, 2.24) is 15.0 Å². The second kappa shape index (κ2) is 4.64. The van der Waals surface area contributed by atoms with Crippen LogP contribution in [0.2, 0.25) is 4.34 Å². The van der Waals surface area contributed by atoms with Crippen molar-refractivity contribution in [2.45, 2.75) is 6.54 Å². The molecule has 1 aromatic carbocycles. The third-order valence-corrected chi connectivity index (χ3v) is 3.91. The van der Waals surface area contributed by atoms with Crippen LogP contribution in [0, 0.1) is 0 Å². The van der Waals surface area contributed by atoms with Crippen molar-refractivity contribution in [3.05, 3.63) is 45.1 Å². The lowest BCUT2D eigenvalue weighted by Gasteiger charge is -2.00. The molecule has 0 saturated carbocycles. The molecule has 3 aromatic rings. The zero-order valence-electron chi connectivity index (χ0n) is 9.58. The Balaban J connectivity index is 2.03. The van der Waals surface area contributed by atoms with Crippen LogP contribution in [0.3, 0.4) is 0 Å². The van der Waals surface area contributed by atoms with Crippen LogP contribution in [0.25, 0.3) is 11.0 Å². The Bertz CT molecular complexity index is 765. The van der Waals surface area contributed by atoms with Crippen molar-refractivity contribution in [2.75, 3.05) is 0 Å². The Kier molecular flexibility index (Phi) is 2.96. The highest BCUT2D eigenvalue weighted by molar-refractivity contribution is 7.16. The van der Waals surface area contributed by atoms with Gasteiger partial charge in [0.05, 0.1) is 22.0 Å². The van der Waals surface area contributed by atoms with Crippen LogP contribution in [-0.4, -0.2) is 26.1 Å². The molecule has 0 aliphatic rings. The average molecular weight is 294 g/mol. The smallest absolute Gasteiger partial charge is 0.335 e. The summed E-state index contributed by atoms with van der Waals surface area (Å²) in [4.78, 5) is 12.0. The summed E-state index contributed by atoms with van der Waals surface area (Å²) in [6.07, 6.45) is 0. The molecule has 0 radical (unpaired) electrons. The number of hydrogen-bond donors (Lipinski definition) is 1. The largest absolute Gasteiger partial charge is 0.478 e. The molecule has 7 heteroatoms. The third kappa shape index (κ3) is 2.32. The quantitative estimate of drug-likeness (QED) is 0.806. The summed E-state index contributed by atoms with van der Waals surface area (Å²) >= 11 is 7.35. The summed E-state index contributed by atoms with van der Waals surface area (Å²) in [6.45, 7) is 0.525. The van der Waals surface area contributed by atoms with Crippen LogP contribution < -0.4 is 0 Å². The molecule has 96 valence electrons. The molecule has 19 heavy (non-hydrogen) atoms. The Morgan fingerprint density at radius 2 is 2.21 bits per heavy atom. The number of benzene rings is 1. The predicted molar refractivity (Wildman–Crippen MR) is 72.9 cm³/mol. The standard InChI is InChI=1S/C12H8ClN3O2S/c13-11-4-2-8(19-11)6-16-10-5-7(12(17)18)1-3-9(10)14-15-16/h1-5H,6H2,(H,17,18). The van der Waals surface area contributed by atoms with E-state index in [9.17, 15) is 4.79 Å². The molecule has 2 heterocycles. The van der Waals surface area contributed by atoms with E-state index in [0.717, 1.165) is 4.88 Å². The molecule has 0 spiro atoms. The normalized spacial score (nSPS) is 11.0. The van der Waals surface area contributed by atoms with E-state index in [4.69, 9.17) is 16.7 Å². The van der Waals surface area contributed by atoms with Gasteiger partial charge >= 0.3 is 5.97 Å². The summed E-state index contributed by atoms with van der Waals surface area (Å²) < 4.78 is 2.38. The van der Waals surface area contributed by atoms with Gasteiger partial charge in [-0.05, 0) is 30.3 Å². The summed E-state index contributed by atoms with van der Waals surface area (Å²) in [5, 5.41) is 17.1. The van der Waals surface area contributed by atoms with E-state index in [1.165, 1.54) is 17.4 Å². The lowest BCUT2D eigenvalue weighted by atomic mass is 10.2. The fourth-order valence-electron chi connectivity index (χ4n) is 1.80. The summed E-state index contributed by atoms with van der Waals surface area (Å²) in [6, 6.07) is 8.49. The molecule has 1 N–H and O–H groups in total. The van der Waals surface area contributed by atoms with Gasteiger partial charge in [-0.25, -0.2) is 9.48 Å². The van der Waals surface area contributed by atoms with Crippen molar-refractivity contribution in [1.29, 1.82) is 0 Å². The first kappa shape index (κ1) is 12.1. The van der Waals surface area contributed by atoms with Gasteiger partial charge in [-0.3, -0.25) is 0 Å². The highest BCUT2D eigenvalue weighted by Gasteiger charge is 2.10. The maximum atomic E-state index is 11.0. The monoisotopic (exact) mass is 293 g/mol. The minimum atomic E-state index is -0.964. The van der Waals surface area contributed by atoms with Crippen molar-refractivity contribution in [3.63, 3.8) is 0 Å². The Morgan fingerprint density at radius 1 is 1.37 bits per heavy atom. The Hall–Kier alpha value is -1.92. The molecule has 0 aliphatic heterocycles. The highest BCUT2D eigenvalue weighted by Crippen LogP contribution is 2.23. The molecule has 0 aliphatic carbocycles. The van der Waals surface area contributed by atoms with Crippen LogP contribution in [0.5, 0.6) is 0 Å². The molecule has 0 unspecified atom stereocenters. The molecular formula is C12H8ClN3O2S. The maximum Gasteiger partial charge on any atom is 0.335 e. The number of aromatic carboxylic acids is 1. The minimum Gasteiger partial charge on any atom is -0.478 e. The molecule has 0 atom stereocenters. The summed E-state index contributed by atoms with van der Waals surface area (Å²) in [5.41, 5.74) is 1.59. The summed E-state index contributed by atoms with van der Waals surface area (Å²) in [5.74, 6) is -0.964. The molecule has 0 saturated heterocycles. The zero-order valence-corrected chi connectivity index (χ0v) is 11.1. The molecule has 3 rings (SSSR count). The number of carboxylic acid groups (broad SMARTS) is 1. The van der Waals surface area contributed by atoms with E-state index in [2.05, 4.69) is 10.3 Å². The van der Waals surface area contributed by atoms with Gasteiger partial charge in [0.25, 0.3) is 0 Å². The number of thiophene rings is 1. The van der Waals surface area contributed by atoms with E-state index in [-0.39, 0.29) is 5.56 Å². The second-order valence-electron chi connectivity index (χ2n) is 3.96. The molecule has 5 nitrogen and oxygen atoms in total. The number of carbonyl (C=O) groups is 1. The van der Waals surface area contributed by atoms with Crippen LogP contribution in [0.15, 0.2) is 30.3 Å². The molecule has 0 bridgehead atoms. The van der Waals surface area contributed by atoms with Gasteiger partial charge in [0, 0.05) is 4.88 Å². The number of rotatable bonds is 3. The number of aromatic nitrogens is 3. The first-order valence-electron chi connectivity index (χ1n) is 5.44. The average Bonchev–Trinajstić information content (AvgIpc) is 2.96. The number of halogens is 1. The number of nitrogens with zero attached hydrogens (tertiary/aromatic N) is 3. The lowest BCUT2D eigenvalue weighted by molar-refractivity contribution is 0.0697. The molecular weight excluding hydrogens is 286 g/mol. The van der Waals surface area contributed by atoms with Crippen LogP contribution in [-0.2, 0) is 6.54 Å². The molecule has 0 fully saturated rings. The topological polar surface area (TPSA) is 68.0 Å². The van der Waals surface area contributed by atoms with E-state index < -0.39 is 5.97 Å². The van der Waals surface area contributed by atoms with Gasteiger partial charge in [-0.2, -0.15) is 0 Å². The van der Waals surface area contributed by atoms with Gasteiger partial charge < -0.3 is 5.11 Å². The second-order valence-corrected chi connectivity index (χ2v) is 5.76. The Labute approximate surface area is 117 Å². The van der Waals surface area contributed by atoms with E-state index in [1.54, 1.807) is 16.8 Å². The fourth-order valence-corrected chi connectivity index (χ4v) is 2.87. The predicted octanol–water partition coefficient (Wildman–Crippen LogP) is 2.89. The number of hydrogen-bond acceptors (Lipinski definition) is 4. The molecule has 0 amide bonds. The van der Waals surface area contributed by atoms with Crippen molar-refractivity contribution in [3.8, 4) is 0 Å². The summed E-state index contributed by atoms with van der Waals surface area (Å²) in [7, 11) is 0. The highest BCUT2D eigenvalue weighted by atomic mass is 35.5. The van der Waals surface area contributed by atoms with E-state index >= 15 is 0 Å². The van der Waals surface area contributed by atoms with Crippen LogP contribution in [0.4, 0.5) is 0 Å². The molecule has 2 aromatic heterocycles. The first-order valence-corrected chi connectivity index (χ1v) is 6.64. The number of carboxylic acids is 1. The van der Waals surface area contributed by atoms with Gasteiger partial charge in [0.1, 0.15) is 5.52 Å². The third-order valence-electron chi connectivity index (χ3n) is 2.70. The Morgan fingerprint density at radius 3 is 2.89 bits per heavy atom. The SMILES string of the molecule is O=C(O)c1ccc2nnn(Cc3ccc(Cl)s3)c2c1. The minimum absolute atomic E-state index is 0.222. The van der Waals surface area contributed by atoms with Crippen molar-refractivity contribution in [2.24, 2.45) is 0 Å². The van der Waals surface area contributed by atoms with Crippen molar-refractivity contribution < 1.29 is 9.90 Å². The van der Waals surface area contributed by atoms with Crippen LogP contribution >= 0.6 is 22.9 Å². The van der Waals surface area contributed by atoms with Crippen molar-refractivity contribution >= 4 is 39.9 Å². The van der Waals surface area contributed by atoms with E-state index in [0.29, 0.717) is 21.9 Å². The first-order chi connectivity index (χ1) is 9.13. The van der Waals surface area contributed by atoms with E-state index in [1.807, 2.05) is 12.1 Å². The zero-order chi connectivity index (χ0) is 13.4. The van der Waals surface area contributed by atoms with Gasteiger partial charge in [-0.15, -0.1) is 16.4 Å². The number of fused-ring (bicyclic) bond motifs is 1. The maximum absolute atomic E-state index is 11.0. The fraction of sp³-hybridized carbons (Fsp3) is 0.0833. The van der Waals surface area contributed by atoms with Crippen LogP contribution in [0.1, 0.15) is 15.2 Å².